The van der Waals surface area contributed by atoms with Gasteiger partial charge in [-0.1, -0.05) is 18.2 Å². The van der Waals surface area contributed by atoms with Gasteiger partial charge in [0, 0.05) is 24.7 Å². The third kappa shape index (κ3) is 2.80. The zero-order valence-corrected chi connectivity index (χ0v) is 14.3. The van der Waals surface area contributed by atoms with Gasteiger partial charge in [0.2, 0.25) is 0 Å². The summed E-state index contributed by atoms with van der Waals surface area (Å²) in [4.78, 5) is 17.5. The molecule has 3 fully saturated rings. The SMILES string of the molecule is Cc1ccccc1C(=O)N1CCC2(CC1)CC(N1CCCC1)C2. The van der Waals surface area contributed by atoms with Crippen molar-refractivity contribution >= 4 is 5.91 Å². The quantitative estimate of drug-likeness (QED) is 0.835. The van der Waals surface area contributed by atoms with Crippen LogP contribution in [0.1, 0.15) is 54.4 Å². The number of aryl methyl sites for hydroxylation is 1. The smallest absolute Gasteiger partial charge is 0.254 e. The van der Waals surface area contributed by atoms with E-state index >= 15 is 0 Å². The molecule has 3 heteroatoms. The summed E-state index contributed by atoms with van der Waals surface area (Å²) in [5.74, 6) is 0.230. The van der Waals surface area contributed by atoms with Crippen molar-refractivity contribution in [3.63, 3.8) is 0 Å². The predicted octanol–water partition coefficient (Wildman–Crippen LogP) is 3.48. The van der Waals surface area contributed by atoms with E-state index in [0.29, 0.717) is 5.41 Å². The number of benzene rings is 1. The lowest BCUT2D eigenvalue weighted by Gasteiger charge is -2.54. The molecule has 0 aromatic heterocycles. The van der Waals surface area contributed by atoms with Crippen molar-refractivity contribution in [1.82, 2.24) is 9.80 Å². The van der Waals surface area contributed by atoms with Gasteiger partial charge in [-0.3, -0.25) is 4.79 Å². The summed E-state index contributed by atoms with van der Waals surface area (Å²) in [6.07, 6.45) is 7.94. The number of carbonyl (C=O) groups excluding carboxylic acids is 1. The lowest BCUT2D eigenvalue weighted by molar-refractivity contribution is -0.0312. The van der Waals surface area contributed by atoms with Crippen LogP contribution in [0.15, 0.2) is 24.3 Å². The van der Waals surface area contributed by atoms with Crippen molar-refractivity contribution in [2.75, 3.05) is 26.2 Å². The fourth-order valence-corrected chi connectivity index (χ4v) is 4.88. The fourth-order valence-electron chi connectivity index (χ4n) is 4.88. The molecule has 124 valence electrons. The van der Waals surface area contributed by atoms with Crippen LogP contribution in [0.2, 0.25) is 0 Å². The van der Waals surface area contributed by atoms with Gasteiger partial charge in [-0.2, -0.15) is 0 Å². The molecule has 2 saturated heterocycles. The van der Waals surface area contributed by atoms with Crippen molar-refractivity contribution in [3.8, 4) is 0 Å². The molecular formula is C20H28N2O. The van der Waals surface area contributed by atoms with E-state index in [1.807, 2.05) is 31.2 Å². The molecule has 3 nitrogen and oxygen atoms in total. The summed E-state index contributed by atoms with van der Waals surface area (Å²) in [7, 11) is 0. The van der Waals surface area contributed by atoms with Crippen molar-refractivity contribution in [1.29, 1.82) is 0 Å². The van der Waals surface area contributed by atoms with E-state index in [0.717, 1.165) is 30.3 Å². The lowest BCUT2D eigenvalue weighted by Crippen LogP contribution is -2.55. The van der Waals surface area contributed by atoms with Crippen LogP contribution < -0.4 is 0 Å². The van der Waals surface area contributed by atoms with Crippen LogP contribution in [0.4, 0.5) is 0 Å². The Morgan fingerprint density at radius 2 is 1.70 bits per heavy atom. The molecule has 1 saturated carbocycles. The van der Waals surface area contributed by atoms with Crippen LogP contribution in [0.3, 0.4) is 0 Å². The average Bonchev–Trinajstić information content (AvgIpc) is 3.07. The number of amides is 1. The molecule has 1 amide bonds. The molecular weight excluding hydrogens is 284 g/mol. The van der Waals surface area contributed by atoms with E-state index in [1.54, 1.807) is 0 Å². The number of carbonyl (C=O) groups is 1. The molecule has 0 N–H and O–H groups in total. The van der Waals surface area contributed by atoms with Crippen LogP contribution >= 0.6 is 0 Å². The van der Waals surface area contributed by atoms with E-state index in [-0.39, 0.29) is 5.91 Å². The van der Waals surface area contributed by atoms with E-state index in [2.05, 4.69) is 9.80 Å². The van der Waals surface area contributed by atoms with Crippen LogP contribution in [-0.2, 0) is 0 Å². The molecule has 2 aliphatic heterocycles. The Morgan fingerprint density at radius 1 is 1.04 bits per heavy atom. The third-order valence-electron chi connectivity index (χ3n) is 6.48. The Labute approximate surface area is 139 Å². The number of rotatable bonds is 2. The molecule has 1 aromatic carbocycles. The van der Waals surface area contributed by atoms with Crippen LogP contribution in [0, 0.1) is 12.3 Å². The molecule has 0 atom stereocenters. The van der Waals surface area contributed by atoms with Crippen LogP contribution in [0.25, 0.3) is 0 Å². The minimum Gasteiger partial charge on any atom is -0.339 e. The van der Waals surface area contributed by atoms with Gasteiger partial charge in [-0.25, -0.2) is 0 Å². The second-order valence-electron chi connectivity index (χ2n) is 7.91. The first-order chi connectivity index (χ1) is 11.2. The number of hydrogen-bond donors (Lipinski definition) is 0. The summed E-state index contributed by atoms with van der Waals surface area (Å²) < 4.78 is 0. The summed E-state index contributed by atoms with van der Waals surface area (Å²) in [5, 5.41) is 0. The monoisotopic (exact) mass is 312 g/mol. The van der Waals surface area contributed by atoms with Crippen LogP contribution in [0.5, 0.6) is 0 Å². The minimum atomic E-state index is 0.230. The first-order valence-corrected chi connectivity index (χ1v) is 9.26. The summed E-state index contributed by atoms with van der Waals surface area (Å²) >= 11 is 0. The highest BCUT2D eigenvalue weighted by Gasteiger charge is 2.48. The van der Waals surface area contributed by atoms with E-state index in [9.17, 15) is 4.79 Å². The highest BCUT2D eigenvalue weighted by atomic mass is 16.2. The highest BCUT2D eigenvalue weighted by Crippen LogP contribution is 2.51. The normalized spacial score (nSPS) is 24.8. The molecule has 0 unspecified atom stereocenters. The molecule has 1 aliphatic carbocycles. The molecule has 23 heavy (non-hydrogen) atoms. The second-order valence-corrected chi connectivity index (χ2v) is 7.91. The molecule has 4 rings (SSSR count). The van der Waals surface area contributed by atoms with Gasteiger partial charge in [0.15, 0.2) is 0 Å². The maximum atomic E-state index is 12.7. The average molecular weight is 312 g/mol. The number of piperidine rings is 1. The van der Waals surface area contributed by atoms with E-state index in [1.165, 1.54) is 51.6 Å². The first kappa shape index (κ1) is 15.2. The molecule has 0 bridgehead atoms. The Kier molecular flexibility index (Phi) is 3.92. The van der Waals surface area contributed by atoms with Crippen molar-refractivity contribution in [3.05, 3.63) is 35.4 Å². The Morgan fingerprint density at radius 3 is 2.35 bits per heavy atom. The first-order valence-electron chi connectivity index (χ1n) is 9.26. The predicted molar refractivity (Wildman–Crippen MR) is 92.6 cm³/mol. The van der Waals surface area contributed by atoms with Gasteiger partial charge in [0.1, 0.15) is 0 Å². The van der Waals surface area contributed by atoms with Crippen LogP contribution in [-0.4, -0.2) is 47.9 Å². The van der Waals surface area contributed by atoms with Crippen molar-refractivity contribution in [2.45, 2.75) is 51.5 Å². The minimum absolute atomic E-state index is 0.230. The Hall–Kier alpha value is -1.35. The topological polar surface area (TPSA) is 23.6 Å². The van der Waals surface area contributed by atoms with E-state index < -0.39 is 0 Å². The number of likely N-dealkylation sites (tertiary alicyclic amines) is 2. The van der Waals surface area contributed by atoms with Crippen molar-refractivity contribution in [2.24, 2.45) is 5.41 Å². The zero-order valence-electron chi connectivity index (χ0n) is 14.3. The fraction of sp³-hybridized carbons (Fsp3) is 0.650. The maximum absolute atomic E-state index is 12.7. The van der Waals surface area contributed by atoms with Gasteiger partial charge in [-0.15, -0.1) is 0 Å². The lowest BCUT2D eigenvalue weighted by atomic mass is 9.60. The standard InChI is InChI=1S/C20H28N2O/c1-16-6-2-3-7-18(16)19(23)22-12-8-20(9-13-22)14-17(15-20)21-10-4-5-11-21/h2-3,6-7,17H,4-5,8-15H2,1H3. The summed E-state index contributed by atoms with van der Waals surface area (Å²) in [6.45, 7) is 6.56. The molecule has 2 heterocycles. The summed E-state index contributed by atoms with van der Waals surface area (Å²) in [6, 6.07) is 8.82. The summed E-state index contributed by atoms with van der Waals surface area (Å²) in [5.41, 5.74) is 2.53. The molecule has 3 aliphatic rings. The molecule has 1 aromatic rings. The zero-order chi connectivity index (χ0) is 15.9. The Balaban J connectivity index is 1.33. The number of nitrogens with zero attached hydrogens (tertiary/aromatic N) is 2. The molecule has 0 radical (unpaired) electrons. The number of hydrogen-bond acceptors (Lipinski definition) is 2. The van der Waals surface area contributed by atoms with Gasteiger partial charge in [0.05, 0.1) is 0 Å². The van der Waals surface area contributed by atoms with Gasteiger partial charge in [0.25, 0.3) is 5.91 Å². The van der Waals surface area contributed by atoms with Crippen molar-refractivity contribution < 1.29 is 4.79 Å². The largest absolute Gasteiger partial charge is 0.339 e. The Bertz CT molecular complexity index is 575. The van der Waals surface area contributed by atoms with Gasteiger partial charge in [-0.05, 0) is 75.6 Å². The second kappa shape index (κ2) is 5.94. The molecule has 1 spiro atoms. The van der Waals surface area contributed by atoms with Gasteiger partial charge >= 0.3 is 0 Å². The highest BCUT2D eigenvalue weighted by molar-refractivity contribution is 5.95. The maximum Gasteiger partial charge on any atom is 0.254 e. The van der Waals surface area contributed by atoms with E-state index in [4.69, 9.17) is 0 Å². The van der Waals surface area contributed by atoms with Gasteiger partial charge < -0.3 is 9.80 Å². The third-order valence-corrected chi connectivity index (χ3v) is 6.48.